The molecule has 6 aromatic carbocycles. The highest BCUT2D eigenvalue weighted by atomic mass is 16.5. The van der Waals surface area contributed by atoms with Crippen molar-refractivity contribution in [3.8, 4) is 34.5 Å². The second-order valence-electron chi connectivity index (χ2n) is 20.6. The molecule has 3 fully saturated rings. The Morgan fingerprint density at radius 1 is 0.377 bits per heavy atom. The number of aryl methyl sites for hydroxylation is 6. The fourth-order valence-corrected chi connectivity index (χ4v) is 10.3. The lowest BCUT2D eigenvalue weighted by atomic mass is 10.0. The molecule has 12 nitrogen and oxygen atoms in total. The van der Waals surface area contributed by atoms with Crippen LogP contribution in [0.3, 0.4) is 0 Å². The predicted molar refractivity (Wildman–Crippen MR) is 307 cm³/mol. The van der Waals surface area contributed by atoms with Gasteiger partial charge in [-0.1, -0.05) is 91.0 Å². The second kappa shape index (κ2) is 32.6. The maximum atomic E-state index is 10.2. The molecular weight excluding hydrogens is 967 g/mol. The molecule has 0 amide bonds. The van der Waals surface area contributed by atoms with Gasteiger partial charge in [0, 0.05) is 19.6 Å². The minimum absolute atomic E-state index is 0.298. The van der Waals surface area contributed by atoms with Crippen molar-refractivity contribution in [2.45, 2.75) is 95.4 Å². The van der Waals surface area contributed by atoms with Gasteiger partial charge in [-0.3, -0.25) is 0 Å². The first-order chi connectivity index (χ1) is 37.7. The number of likely N-dealkylation sites (tertiary alicyclic amines) is 3. The number of rotatable bonds is 26. The standard InChI is InChI=1S/2C22H29NO3.C21H27NO3/c2*1-25-21-9-6-7-18(15-21)11-12-19-8-2-3-10-22(19)26-17-20(24)16-23-13-4-5-14-23;23-19-8-5-6-17(14-19)10-11-18-7-1-2-9-21(18)25-16-20(24)15-22-12-3-4-13-22/h2*2-3,6-10,15,20,24H,4-5,11-14,16-17H2,1H3;1-2,5-9,14,20,23-24H,3-4,10-13,15-16H2/t20-;;20-/m1.0/s1. The molecule has 414 valence electrons. The Hall–Kier alpha value is -6.12. The second-order valence-corrected chi connectivity index (χ2v) is 20.6. The number of benzene rings is 6. The average molecular weight is 1050 g/mol. The smallest absolute Gasteiger partial charge is 0.122 e. The van der Waals surface area contributed by atoms with Gasteiger partial charge in [-0.15, -0.1) is 0 Å². The van der Waals surface area contributed by atoms with Crippen molar-refractivity contribution in [3.63, 3.8) is 0 Å². The molecule has 0 bridgehead atoms. The first-order valence-corrected chi connectivity index (χ1v) is 28.1. The van der Waals surface area contributed by atoms with E-state index in [0.717, 1.165) is 118 Å². The highest BCUT2D eigenvalue weighted by Crippen LogP contribution is 2.25. The molecule has 3 saturated heterocycles. The number of phenolic OH excluding ortho intramolecular Hbond substituents is 1. The number of aliphatic hydroxyl groups excluding tert-OH is 3. The Kier molecular flexibility index (Phi) is 24.8. The van der Waals surface area contributed by atoms with E-state index in [1.54, 1.807) is 26.4 Å². The summed E-state index contributed by atoms with van der Waals surface area (Å²) in [6, 6.07) is 47.9. The molecule has 3 aliphatic rings. The topological polar surface area (TPSA) is 137 Å². The third-order valence-electron chi connectivity index (χ3n) is 14.4. The Bertz CT molecular complexity index is 2480. The normalized spacial score (nSPS) is 15.9. The van der Waals surface area contributed by atoms with E-state index in [-0.39, 0.29) is 0 Å². The van der Waals surface area contributed by atoms with Crippen molar-refractivity contribution in [2.75, 3.05) is 92.9 Å². The number of hydrogen-bond donors (Lipinski definition) is 4. The van der Waals surface area contributed by atoms with Crippen LogP contribution in [0.4, 0.5) is 0 Å². The van der Waals surface area contributed by atoms with E-state index in [2.05, 4.69) is 57.2 Å². The third kappa shape index (κ3) is 21.0. The van der Waals surface area contributed by atoms with Crippen LogP contribution in [0.1, 0.15) is 71.9 Å². The summed E-state index contributed by atoms with van der Waals surface area (Å²) in [5.41, 5.74) is 7.05. The highest BCUT2D eigenvalue weighted by Gasteiger charge is 2.19. The number of methoxy groups -OCH3 is 2. The van der Waals surface area contributed by atoms with Crippen molar-refractivity contribution in [2.24, 2.45) is 0 Å². The van der Waals surface area contributed by atoms with Gasteiger partial charge in [-0.05, 0) is 204 Å². The van der Waals surface area contributed by atoms with Crippen LogP contribution in [0.2, 0.25) is 0 Å². The van der Waals surface area contributed by atoms with E-state index in [1.807, 2.05) is 91.0 Å². The molecule has 77 heavy (non-hydrogen) atoms. The van der Waals surface area contributed by atoms with Gasteiger partial charge in [0.05, 0.1) is 14.2 Å². The van der Waals surface area contributed by atoms with Gasteiger partial charge in [-0.25, -0.2) is 0 Å². The maximum Gasteiger partial charge on any atom is 0.122 e. The maximum absolute atomic E-state index is 10.2. The summed E-state index contributed by atoms with van der Waals surface area (Å²) >= 11 is 0. The summed E-state index contributed by atoms with van der Waals surface area (Å²) in [7, 11) is 3.38. The number of aliphatic hydroxyl groups is 3. The zero-order valence-electron chi connectivity index (χ0n) is 45.7. The third-order valence-corrected chi connectivity index (χ3v) is 14.4. The van der Waals surface area contributed by atoms with Crippen LogP contribution >= 0.6 is 0 Å². The fraction of sp³-hybridized carbons (Fsp3) is 0.446. The lowest BCUT2D eigenvalue weighted by Gasteiger charge is -2.20. The SMILES string of the molecule is COc1cccc(CCc2ccccc2OCC(O)CN2CCCC2)c1.COc1cccc(CCc2ccccc2OC[C@H](O)CN2CCCC2)c1.Oc1cccc(CCc2ccccc2OC[C@@H](O)CN2CCCC2)c1. The van der Waals surface area contributed by atoms with Crippen LogP contribution < -0.4 is 23.7 Å². The molecule has 3 aliphatic heterocycles. The number of β-amino-alcohol motifs (C(OH)–C–C–N with tert-alkyl or cyclic N) is 3. The van der Waals surface area contributed by atoms with E-state index < -0.39 is 18.3 Å². The summed E-state index contributed by atoms with van der Waals surface area (Å²) < 4.78 is 28.4. The van der Waals surface area contributed by atoms with E-state index in [0.29, 0.717) is 45.2 Å². The van der Waals surface area contributed by atoms with E-state index in [1.165, 1.54) is 60.8 Å². The Labute approximate surface area is 458 Å². The molecule has 0 radical (unpaired) electrons. The van der Waals surface area contributed by atoms with Gasteiger partial charge in [0.2, 0.25) is 0 Å². The fourth-order valence-electron chi connectivity index (χ4n) is 10.3. The number of para-hydroxylation sites is 3. The van der Waals surface area contributed by atoms with Crippen LogP contribution in [0.25, 0.3) is 0 Å². The van der Waals surface area contributed by atoms with E-state index >= 15 is 0 Å². The monoisotopic (exact) mass is 1050 g/mol. The van der Waals surface area contributed by atoms with Crippen LogP contribution in [0.5, 0.6) is 34.5 Å². The zero-order valence-corrected chi connectivity index (χ0v) is 45.7. The molecule has 4 N–H and O–H groups in total. The highest BCUT2D eigenvalue weighted by molar-refractivity contribution is 5.38. The Morgan fingerprint density at radius 2 is 0.688 bits per heavy atom. The molecule has 0 saturated carbocycles. The Morgan fingerprint density at radius 3 is 1.01 bits per heavy atom. The van der Waals surface area contributed by atoms with Crippen molar-refractivity contribution in [1.82, 2.24) is 14.7 Å². The van der Waals surface area contributed by atoms with Crippen molar-refractivity contribution in [3.05, 3.63) is 179 Å². The van der Waals surface area contributed by atoms with Crippen molar-refractivity contribution >= 4 is 0 Å². The molecule has 1 unspecified atom stereocenters. The Balaban J connectivity index is 0.000000168. The summed E-state index contributed by atoms with van der Waals surface area (Å²) in [4.78, 5) is 6.91. The van der Waals surface area contributed by atoms with E-state index in [9.17, 15) is 20.4 Å². The first-order valence-electron chi connectivity index (χ1n) is 28.1. The van der Waals surface area contributed by atoms with Crippen LogP contribution in [-0.4, -0.2) is 146 Å². The molecule has 3 atom stereocenters. The van der Waals surface area contributed by atoms with Crippen molar-refractivity contribution < 1.29 is 44.1 Å². The van der Waals surface area contributed by atoms with Gasteiger partial charge in [0.25, 0.3) is 0 Å². The molecule has 0 aromatic heterocycles. The molecule has 6 aromatic rings. The molecule has 9 rings (SSSR count). The van der Waals surface area contributed by atoms with Crippen LogP contribution in [-0.2, 0) is 38.5 Å². The van der Waals surface area contributed by atoms with Crippen LogP contribution in [0, 0.1) is 0 Å². The van der Waals surface area contributed by atoms with E-state index in [4.69, 9.17) is 23.7 Å². The first kappa shape index (κ1) is 58.6. The number of ether oxygens (including phenoxy) is 5. The average Bonchev–Trinajstić information content (AvgIpc) is 4.30. The van der Waals surface area contributed by atoms with Gasteiger partial charge in [0.1, 0.15) is 72.6 Å². The van der Waals surface area contributed by atoms with Crippen molar-refractivity contribution in [1.29, 1.82) is 0 Å². The van der Waals surface area contributed by atoms with Gasteiger partial charge >= 0.3 is 0 Å². The minimum atomic E-state index is -0.461. The quantitative estimate of drug-likeness (QED) is 0.0412. The lowest BCUT2D eigenvalue weighted by molar-refractivity contribution is 0.0754. The number of nitrogens with zero attached hydrogens (tertiary/aromatic N) is 3. The lowest BCUT2D eigenvalue weighted by Crippen LogP contribution is -2.33. The largest absolute Gasteiger partial charge is 0.508 e. The van der Waals surface area contributed by atoms with Gasteiger partial charge < -0.3 is 58.8 Å². The molecule has 12 heteroatoms. The molecule has 0 aliphatic carbocycles. The molecular formula is C65H85N3O9. The van der Waals surface area contributed by atoms with Gasteiger partial charge in [0.15, 0.2) is 0 Å². The number of phenols is 1. The zero-order chi connectivity index (χ0) is 53.9. The summed E-state index contributed by atoms with van der Waals surface area (Å²) in [6.45, 7) is 9.61. The summed E-state index contributed by atoms with van der Waals surface area (Å²) in [5.74, 6) is 4.65. The molecule has 3 heterocycles. The molecule has 0 spiro atoms. The van der Waals surface area contributed by atoms with Gasteiger partial charge in [-0.2, -0.15) is 0 Å². The number of aromatic hydroxyl groups is 1. The summed E-state index contributed by atoms with van der Waals surface area (Å²) in [5, 5.41) is 40.3. The minimum Gasteiger partial charge on any atom is -0.508 e. The predicted octanol–water partition coefficient (Wildman–Crippen LogP) is 9.64. The van der Waals surface area contributed by atoms with Crippen LogP contribution in [0.15, 0.2) is 146 Å². The number of hydrogen-bond acceptors (Lipinski definition) is 12. The summed E-state index contributed by atoms with van der Waals surface area (Å²) in [6.07, 6.45) is 11.4.